The van der Waals surface area contributed by atoms with E-state index in [0.29, 0.717) is 0 Å². The molecular weight excluding hydrogens is 220 g/mol. The first-order valence-electron chi connectivity index (χ1n) is 3.42. The van der Waals surface area contributed by atoms with Gasteiger partial charge in [-0.1, -0.05) is 47.8 Å². The lowest BCUT2D eigenvalue weighted by Crippen LogP contribution is -2.40. The maximum Gasteiger partial charge on any atom is 0.272 e. The zero-order chi connectivity index (χ0) is 9.78. The molecule has 0 saturated carbocycles. The highest BCUT2D eigenvalue weighted by atomic mass is 35.6. The third-order valence-electron chi connectivity index (χ3n) is 1.30. The van der Waals surface area contributed by atoms with Gasteiger partial charge < -0.3 is 5.32 Å². The molecule has 1 unspecified atom stereocenters. The van der Waals surface area contributed by atoms with Crippen molar-refractivity contribution in [1.82, 2.24) is 5.32 Å². The van der Waals surface area contributed by atoms with Crippen molar-refractivity contribution < 1.29 is 4.79 Å². The Balaban J connectivity index is 4.08. The third-order valence-corrected chi connectivity index (χ3v) is 1.81. The van der Waals surface area contributed by atoms with Crippen molar-refractivity contribution in [3.05, 3.63) is 12.7 Å². The Morgan fingerprint density at radius 2 is 2.17 bits per heavy atom. The summed E-state index contributed by atoms with van der Waals surface area (Å²) >= 11 is 16.0. The highest BCUT2D eigenvalue weighted by Gasteiger charge is 2.31. The first kappa shape index (κ1) is 12.1. The number of halogens is 3. The zero-order valence-electron chi connectivity index (χ0n) is 6.61. The van der Waals surface area contributed by atoms with Gasteiger partial charge in [-0.05, 0) is 6.42 Å². The van der Waals surface area contributed by atoms with Gasteiger partial charge in [0.05, 0.1) is 0 Å². The van der Waals surface area contributed by atoms with Gasteiger partial charge >= 0.3 is 0 Å². The largest absolute Gasteiger partial charge is 0.346 e. The van der Waals surface area contributed by atoms with Crippen LogP contribution in [0.5, 0.6) is 0 Å². The van der Waals surface area contributed by atoms with E-state index in [2.05, 4.69) is 11.9 Å². The maximum absolute atomic E-state index is 11.0. The highest BCUT2D eigenvalue weighted by Crippen LogP contribution is 2.26. The highest BCUT2D eigenvalue weighted by molar-refractivity contribution is 6.76. The van der Waals surface area contributed by atoms with Crippen LogP contribution in [0.4, 0.5) is 0 Å². The molecule has 0 bridgehead atoms. The first-order valence-corrected chi connectivity index (χ1v) is 4.55. The van der Waals surface area contributed by atoms with E-state index < -0.39 is 9.70 Å². The second-order valence-corrected chi connectivity index (χ2v) is 4.50. The van der Waals surface area contributed by atoms with Crippen molar-refractivity contribution in [1.29, 1.82) is 0 Å². The van der Waals surface area contributed by atoms with Crippen LogP contribution in [0.2, 0.25) is 0 Å². The van der Waals surface area contributed by atoms with Gasteiger partial charge in [-0.15, -0.1) is 6.58 Å². The van der Waals surface area contributed by atoms with Crippen LogP contribution in [0.15, 0.2) is 12.7 Å². The molecule has 0 rings (SSSR count). The first-order chi connectivity index (χ1) is 5.41. The van der Waals surface area contributed by atoms with Crippen LogP contribution in [0, 0.1) is 0 Å². The second kappa shape index (κ2) is 4.95. The Kier molecular flexibility index (Phi) is 4.98. The van der Waals surface area contributed by atoms with Crippen molar-refractivity contribution >= 4 is 40.7 Å². The number of hydrogen-bond acceptors (Lipinski definition) is 1. The molecule has 70 valence electrons. The average Bonchev–Trinajstić information content (AvgIpc) is 1.97. The van der Waals surface area contributed by atoms with Crippen molar-refractivity contribution in [3.8, 4) is 0 Å². The summed E-state index contributed by atoms with van der Waals surface area (Å²) in [6, 6.07) is -0.145. The van der Waals surface area contributed by atoms with E-state index in [1.165, 1.54) is 0 Å². The summed E-state index contributed by atoms with van der Waals surface area (Å²) in [5.41, 5.74) is 0. The molecule has 0 aromatic heterocycles. The summed E-state index contributed by atoms with van der Waals surface area (Å²) in [5, 5.41) is 2.50. The average molecular weight is 231 g/mol. The normalized spacial score (nSPS) is 13.7. The molecule has 12 heavy (non-hydrogen) atoms. The summed E-state index contributed by atoms with van der Waals surface area (Å²) in [7, 11) is 0. The summed E-state index contributed by atoms with van der Waals surface area (Å²) < 4.78 is -1.89. The Hall–Kier alpha value is 0.0800. The Morgan fingerprint density at radius 3 is 2.42 bits per heavy atom. The molecule has 0 aromatic carbocycles. The minimum atomic E-state index is -1.89. The standard InChI is InChI=1S/C7H10Cl3NO/c1-3-5(4-2)11-6(12)7(8,9)10/h3,5H,1,4H2,2H3,(H,11,12). The van der Waals surface area contributed by atoms with Crippen LogP contribution in [-0.4, -0.2) is 15.7 Å². The number of carbonyl (C=O) groups excluding carboxylic acids is 1. The fourth-order valence-electron chi connectivity index (χ4n) is 0.578. The van der Waals surface area contributed by atoms with Gasteiger partial charge in [0.25, 0.3) is 9.70 Å². The lowest BCUT2D eigenvalue weighted by molar-refractivity contribution is -0.120. The molecule has 0 heterocycles. The number of amides is 1. The minimum Gasteiger partial charge on any atom is -0.346 e. The van der Waals surface area contributed by atoms with Crippen molar-refractivity contribution in [2.45, 2.75) is 23.2 Å². The van der Waals surface area contributed by atoms with Gasteiger partial charge in [0.15, 0.2) is 0 Å². The van der Waals surface area contributed by atoms with Gasteiger partial charge in [-0.2, -0.15) is 0 Å². The summed E-state index contributed by atoms with van der Waals surface area (Å²) in [4.78, 5) is 11.0. The molecule has 5 heteroatoms. The zero-order valence-corrected chi connectivity index (χ0v) is 8.88. The van der Waals surface area contributed by atoms with E-state index in [0.717, 1.165) is 6.42 Å². The predicted octanol–water partition coefficient (Wildman–Crippen LogP) is 2.44. The van der Waals surface area contributed by atoms with Crippen molar-refractivity contribution in [3.63, 3.8) is 0 Å². The lowest BCUT2D eigenvalue weighted by Gasteiger charge is -2.16. The molecule has 0 radical (unpaired) electrons. The minimum absolute atomic E-state index is 0.145. The monoisotopic (exact) mass is 229 g/mol. The molecule has 1 amide bonds. The van der Waals surface area contributed by atoms with E-state index in [1.54, 1.807) is 6.08 Å². The van der Waals surface area contributed by atoms with E-state index in [-0.39, 0.29) is 6.04 Å². The summed E-state index contributed by atoms with van der Waals surface area (Å²) in [5.74, 6) is -0.626. The van der Waals surface area contributed by atoms with Crippen molar-refractivity contribution in [2.75, 3.05) is 0 Å². The SMILES string of the molecule is C=CC(CC)NC(=O)C(Cl)(Cl)Cl. The third kappa shape index (κ3) is 4.19. The number of alkyl halides is 3. The van der Waals surface area contributed by atoms with Crippen LogP contribution in [-0.2, 0) is 4.79 Å². The summed E-state index contributed by atoms with van der Waals surface area (Å²) in [6.07, 6.45) is 2.31. The molecule has 0 spiro atoms. The second-order valence-electron chi connectivity index (χ2n) is 2.22. The molecule has 0 aliphatic rings. The van der Waals surface area contributed by atoms with Crippen LogP contribution in [0.1, 0.15) is 13.3 Å². The van der Waals surface area contributed by atoms with E-state index in [9.17, 15) is 4.79 Å². The molecule has 0 aliphatic heterocycles. The maximum atomic E-state index is 11.0. The van der Waals surface area contributed by atoms with E-state index in [4.69, 9.17) is 34.8 Å². The fourth-order valence-corrected chi connectivity index (χ4v) is 0.742. The summed E-state index contributed by atoms with van der Waals surface area (Å²) in [6.45, 7) is 5.42. The van der Waals surface area contributed by atoms with Crippen LogP contribution < -0.4 is 5.32 Å². The quantitative estimate of drug-likeness (QED) is 0.586. The Morgan fingerprint density at radius 1 is 1.67 bits per heavy atom. The van der Waals surface area contributed by atoms with Gasteiger partial charge in [0.2, 0.25) is 0 Å². The molecule has 0 fully saturated rings. The van der Waals surface area contributed by atoms with Gasteiger partial charge in [0.1, 0.15) is 0 Å². The lowest BCUT2D eigenvalue weighted by atomic mass is 10.2. The van der Waals surface area contributed by atoms with Gasteiger partial charge in [-0.3, -0.25) is 4.79 Å². The molecule has 1 atom stereocenters. The van der Waals surface area contributed by atoms with Crippen LogP contribution in [0.25, 0.3) is 0 Å². The predicted molar refractivity (Wildman–Crippen MR) is 52.7 cm³/mol. The van der Waals surface area contributed by atoms with Crippen LogP contribution in [0.3, 0.4) is 0 Å². The molecule has 2 nitrogen and oxygen atoms in total. The van der Waals surface area contributed by atoms with E-state index >= 15 is 0 Å². The smallest absolute Gasteiger partial charge is 0.272 e. The molecule has 0 aromatic rings. The molecule has 0 aliphatic carbocycles. The van der Waals surface area contributed by atoms with E-state index in [1.807, 2.05) is 6.92 Å². The molecule has 0 saturated heterocycles. The van der Waals surface area contributed by atoms with Crippen molar-refractivity contribution in [2.24, 2.45) is 0 Å². The fraction of sp³-hybridized carbons (Fsp3) is 0.571. The molecular formula is C7H10Cl3NO. The van der Waals surface area contributed by atoms with Gasteiger partial charge in [-0.25, -0.2) is 0 Å². The number of hydrogen-bond donors (Lipinski definition) is 1. The van der Waals surface area contributed by atoms with Gasteiger partial charge in [0, 0.05) is 6.04 Å². The number of carbonyl (C=O) groups is 1. The van der Waals surface area contributed by atoms with Crippen LogP contribution >= 0.6 is 34.8 Å². The Labute approximate surface area is 86.9 Å². The number of nitrogens with one attached hydrogen (secondary N) is 1. The topological polar surface area (TPSA) is 29.1 Å². The Bertz CT molecular complexity index is 176. The number of rotatable bonds is 3. The molecule has 1 N–H and O–H groups in total.